The highest BCUT2D eigenvalue weighted by Crippen LogP contribution is 2.16. The molecule has 86 valence electrons. The van der Waals surface area contributed by atoms with Crippen LogP contribution in [0.15, 0.2) is 11.2 Å². The first-order valence-electron chi connectivity index (χ1n) is 3.92. The van der Waals surface area contributed by atoms with Gasteiger partial charge in [0.15, 0.2) is 5.65 Å². The van der Waals surface area contributed by atoms with E-state index in [0.717, 1.165) is 4.52 Å². The molecule has 0 amide bonds. The summed E-state index contributed by atoms with van der Waals surface area (Å²) in [5.41, 5.74) is 0.181. The topological polar surface area (TPSA) is 112 Å². The van der Waals surface area contributed by atoms with Crippen LogP contribution in [-0.4, -0.2) is 35.1 Å². The number of fused-ring (bicyclic) bond motifs is 1. The summed E-state index contributed by atoms with van der Waals surface area (Å²) in [5.74, 6) is 0. The summed E-state index contributed by atoms with van der Waals surface area (Å²) in [6.07, 6.45) is 0. The van der Waals surface area contributed by atoms with Crippen LogP contribution in [0, 0.1) is 0 Å². The van der Waals surface area contributed by atoms with E-state index in [9.17, 15) is 8.42 Å². The van der Waals surface area contributed by atoms with Gasteiger partial charge in [-0.3, -0.25) is 0 Å². The molecule has 2 N–H and O–H groups in total. The van der Waals surface area contributed by atoms with Gasteiger partial charge in [-0.25, -0.2) is 13.6 Å². The fourth-order valence-corrected chi connectivity index (χ4v) is 1.65. The Morgan fingerprint density at radius 2 is 2.19 bits per heavy atom. The Balaban J connectivity index is 2.80. The minimum atomic E-state index is -3.97. The van der Waals surface area contributed by atoms with E-state index < -0.39 is 15.2 Å². The molecule has 0 spiro atoms. The lowest BCUT2D eigenvalue weighted by molar-refractivity contribution is 0.366. The third kappa shape index (κ3) is 1.79. The second-order valence-electron chi connectivity index (χ2n) is 2.77. The van der Waals surface area contributed by atoms with Gasteiger partial charge in [0.25, 0.3) is 15.2 Å². The van der Waals surface area contributed by atoms with Gasteiger partial charge in [-0.1, -0.05) is 11.6 Å². The fourth-order valence-electron chi connectivity index (χ4n) is 1.07. The van der Waals surface area contributed by atoms with Crippen molar-refractivity contribution in [3.63, 3.8) is 0 Å². The molecule has 0 aliphatic rings. The molecule has 0 aliphatic carbocycles. The number of halogens is 1. The molecule has 0 bridgehead atoms. The SMILES string of the molecule is COc1nc(Cl)cc2nc(S(N)(=O)=O)nn12. The molecule has 10 heteroatoms. The summed E-state index contributed by atoms with van der Waals surface area (Å²) < 4.78 is 28.0. The molecule has 0 saturated heterocycles. The highest BCUT2D eigenvalue weighted by molar-refractivity contribution is 7.89. The smallest absolute Gasteiger partial charge is 0.320 e. The number of sulfonamides is 1. The minimum Gasteiger partial charge on any atom is -0.467 e. The fraction of sp³-hybridized carbons (Fsp3) is 0.167. The van der Waals surface area contributed by atoms with Crippen LogP contribution in [0.2, 0.25) is 5.15 Å². The van der Waals surface area contributed by atoms with E-state index in [1.54, 1.807) is 0 Å². The van der Waals surface area contributed by atoms with E-state index in [-0.39, 0.29) is 16.8 Å². The number of nitrogens with two attached hydrogens (primary N) is 1. The van der Waals surface area contributed by atoms with Crippen LogP contribution < -0.4 is 9.88 Å². The van der Waals surface area contributed by atoms with Crippen LogP contribution in [-0.2, 0) is 10.0 Å². The highest BCUT2D eigenvalue weighted by Gasteiger charge is 2.18. The van der Waals surface area contributed by atoms with Crippen LogP contribution in [0.5, 0.6) is 6.01 Å². The minimum absolute atomic E-state index is 0.0184. The van der Waals surface area contributed by atoms with Crippen LogP contribution in [0.4, 0.5) is 0 Å². The van der Waals surface area contributed by atoms with Crippen LogP contribution in [0.3, 0.4) is 0 Å². The molecule has 0 aromatic carbocycles. The normalized spacial score (nSPS) is 11.9. The van der Waals surface area contributed by atoms with E-state index in [4.69, 9.17) is 21.5 Å². The maximum atomic E-state index is 11.0. The standard InChI is InChI=1S/C6H6ClN5O3S/c1-15-6-9-3(7)2-4-10-5(11-12(4)6)16(8,13)14/h2H,1H3,(H2,8,13,14). The Morgan fingerprint density at radius 3 is 2.75 bits per heavy atom. The Bertz CT molecular complexity index is 651. The van der Waals surface area contributed by atoms with Gasteiger partial charge in [-0.2, -0.15) is 14.5 Å². The predicted octanol–water partition coefficient (Wildman–Crippen LogP) is -0.566. The molecule has 2 rings (SSSR count). The van der Waals surface area contributed by atoms with Gasteiger partial charge < -0.3 is 4.74 Å². The van der Waals surface area contributed by atoms with E-state index in [0.29, 0.717) is 0 Å². The lowest BCUT2D eigenvalue weighted by Crippen LogP contribution is -2.14. The number of methoxy groups -OCH3 is 1. The molecule has 0 radical (unpaired) electrons. The quantitative estimate of drug-likeness (QED) is 0.726. The number of rotatable bonds is 2. The molecule has 2 aromatic rings. The first-order chi connectivity index (χ1) is 7.41. The van der Waals surface area contributed by atoms with Crippen molar-refractivity contribution in [2.45, 2.75) is 5.16 Å². The first kappa shape index (κ1) is 11.0. The van der Waals surface area contributed by atoms with Gasteiger partial charge in [0.05, 0.1) is 7.11 Å². The zero-order valence-electron chi connectivity index (χ0n) is 7.95. The molecule has 2 aromatic heterocycles. The zero-order valence-corrected chi connectivity index (χ0v) is 9.53. The number of hydrogen-bond acceptors (Lipinski definition) is 6. The Kier molecular flexibility index (Phi) is 2.45. The number of primary sulfonamides is 1. The van der Waals surface area contributed by atoms with Crippen molar-refractivity contribution in [2.75, 3.05) is 7.11 Å². The Hall–Kier alpha value is -1.45. The lowest BCUT2D eigenvalue weighted by atomic mass is 10.6. The summed E-state index contributed by atoms with van der Waals surface area (Å²) in [7, 11) is -2.63. The summed E-state index contributed by atoms with van der Waals surface area (Å²) in [5, 5.41) is 8.12. The number of ether oxygens (including phenoxy) is 1. The van der Waals surface area contributed by atoms with Crippen molar-refractivity contribution >= 4 is 27.3 Å². The molecular weight excluding hydrogens is 258 g/mol. The second kappa shape index (κ2) is 3.54. The largest absolute Gasteiger partial charge is 0.467 e. The molecule has 2 heterocycles. The monoisotopic (exact) mass is 263 g/mol. The van der Waals surface area contributed by atoms with Crippen molar-refractivity contribution in [3.8, 4) is 6.01 Å². The van der Waals surface area contributed by atoms with E-state index in [1.807, 2.05) is 0 Å². The van der Waals surface area contributed by atoms with Gasteiger partial charge >= 0.3 is 6.01 Å². The van der Waals surface area contributed by atoms with Gasteiger partial charge in [-0.05, 0) is 0 Å². The first-order valence-corrected chi connectivity index (χ1v) is 5.84. The molecule has 0 saturated carbocycles. The third-order valence-corrected chi connectivity index (χ3v) is 2.56. The number of aromatic nitrogens is 4. The molecular formula is C6H6ClN5O3S. The molecule has 0 aliphatic heterocycles. The summed E-state index contributed by atoms with van der Waals surface area (Å²) in [6.45, 7) is 0. The van der Waals surface area contributed by atoms with Crippen LogP contribution in [0.25, 0.3) is 5.65 Å². The second-order valence-corrected chi connectivity index (χ2v) is 4.62. The van der Waals surface area contributed by atoms with E-state index in [1.165, 1.54) is 13.2 Å². The zero-order chi connectivity index (χ0) is 11.9. The van der Waals surface area contributed by atoms with Crippen LogP contribution >= 0.6 is 11.6 Å². The lowest BCUT2D eigenvalue weighted by Gasteiger charge is -1.99. The molecule has 16 heavy (non-hydrogen) atoms. The average molecular weight is 264 g/mol. The highest BCUT2D eigenvalue weighted by atomic mass is 35.5. The molecule has 0 atom stereocenters. The average Bonchev–Trinajstić information content (AvgIpc) is 2.59. The third-order valence-electron chi connectivity index (χ3n) is 1.68. The molecule has 8 nitrogen and oxygen atoms in total. The number of nitrogens with zero attached hydrogens (tertiary/aromatic N) is 4. The van der Waals surface area contributed by atoms with Crippen molar-refractivity contribution in [2.24, 2.45) is 5.14 Å². The van der Waals surface area contributed by atoms with Gasteiger partial charge in [-0.15, -0.1) is 5.10 Å². The van der Waals surface area contributed by atoms with Crippen molar-refractivity contribution in [1.29, 1.82) is 0 Å². The predicted molar refractivity (Wildman–Crippen MR) is 53.7 cm³/mol. The van der Waals surface area contributed by atoms with Crippen LogP contribution in [0.1, 0.15) is 0 Å². The van der Waals surface area contributed by atoms with Gasteiger partial charge in [0, 0.05) is 6.07 Å². The summed E-state index contributed by atoms with van der Waals surface area (Å²) in [6, 6.07) is 1.36. The summed E-state index contributed by atoms with van der Waals surface area (Å²) in [4.78, 5) is 7.47. The Labute approximate surface area is 95.1 Å². The Morgan fingerprint density at radius 1 is 1.50 bits per heavy atom. The van der Waals surface area contributed by atoms with Crippen molar-refractivity contribution in [3.05, 3.63) is 11.2 Å². The van der Waals surface area contributed by atoms with Gasteiger partial charge in [0.1, 0.15) is 5.15 Å². The number of hydrogen-bond donors (Lipinski definition) is 1. The van der Waals surface area contributed by atoms with Gasteiger partial charge in [0.2, 0.25) is 0 Å². The summed E-state index contributed by atoms with van der Waals surface area (Å²) >= 11 is 5.67. The van der Waals surface area contributed by atoms with E-state index in [2.05, 4.69) is 15.1 Å². The maximum Gasteiger partial charge on any atom is 0.320 e. The van der Waals surface area contributed by atoms with Crippen molar-refractivity contribution in [1.82, 2.24) is 19.6 Å². The van der Waals surface area contributed by atoms with Crippen molar-refractivity contribution < 1.29 is 13.2 Å². The van der Waals surface area contributed by atoms with E-state index >= 15 is 0 Å². The molecule has 0 fully saturated rings. The molecule has 0 unspecified atom stereocenters. The maximum absolute atomic E-state index is 11.0.